The number of oxazole rings is 1. The van der Waals surface area contributed by atoms with Crippen LogP contribution in [0.5, 0.6) is 5.75 Å². The fourth-order valence-corrected chi connectivity index (χ4v) is 2.86. The first-order chi connectivity index (χ1) is 12.6. The average Bonchev–Trinajstić information content (AvgIpc) is 3.27. The quantitative estimate of drug-likeness (QED) is 0.830. The number of ether oxygens (including phenoxy) is 1. The van der Waals surface area contributed by atoms with Gasteiger partial charge in [0.2, 0.25) is 0 Å². The smallest absolute Gasteiger partial charge is 0.277 e. The topological polar surface area (TPSA) is 93.5 Å². The van der Waals surface area contributed by atoms with Crippen molar-refractivity contribution >= 4 is 17.5 Å². The van der Waals surface area contributed by atoms with Gasteiger partial charge in [0, 0.05) is 12.0 Å². The lowest BCUT2D eigenvalue weighted by Crippen LogP contribution is -2.27. The largest absolute Gasteiger partial charge is 0.497 e. The van der Waals surface area contributed by atoms with Crippen LogP contribution in [-0.2, 0) is 0 Å². The van der Waals surface area contributed by atoms with E-state index in [1.807, 2.05) is 0 Å². The zero-order chi connectivity index (χ0) is 18.1. The highest BCUT2D eigenvalue weighted by Crippen LogP contribution is 2.35. The molecule has 4 rings (SSSR count). The lowest BCUT2D eigenvalue weighted by atomic mass is 9.85. The first-order valence-corrected chi connectivity index (χ1v) is 8.89. The van der Waals surface area contributed by atoms with Crippen LogP contribution >= 0.6 is 0 Å². The van der Waals surface area contributed by atoms with Gasteiger partial charge in [0.15, 0.2) is 11.6 Å². The second kappa shape index (κ2) is 6.82. The minimum Gasteiger partial charge on any atom is -0.497 e. The fourth-order valence-electron chi connectivity index (χ4n) is 2.86. The summed E-state index contributed by atoms with van der Waals surface area (Å²) in [6, 6.07) is 5.20. The molecule has 2 aromatic rings. The first-order valence-electron chi connectivity index (χ1n) is 8.89. The Labute approximate surface area is 151 Å². The Bertz CT molecular complexity index is 837. The van der Waals surface area contributed by atoms with Gasteiger partial charge < -0.3 is 19.8 Å². The molecular weight excluding hydrogens is 334 g/mol. The van der Waals surface area contributed by atoms with Crippen LogP contribution in [0.2, 0.25) is 0 Å². The molecule has 0 saturated heterocycles. The van der Waals surface area contributed by atoms with E-state index < -0.39 is 5.91 Å². The second-order valence-electron chi connectivity index (χ2n) is 6.81. The van der Waals surface area contributed by atoms with Gasteiger partial charge in [-0.2, -0.15) is 0 Å². The summed E-state index contributed by atoms with van der Waals surface area (Å²) in [5, 5.41) is 5.69. The van der Waals surface area contributed by atoms with Crippen molar-refractivity contribution in [2.24, 2.45) is 0 Å². The Balaban J connectivity index is 1.53. The molecule has 2 aliphatic carbocycles. The van der Waals surface area contributed by atoms with Gasteiger partial charge in [0.05, 0.1) is 18.4 Å². The normalized spacial score (nSPS) is 16.7. The van der Waals surface area contributed by atoms with Gasteiger partial charge in [-0.25, -0.2) is 4.98 Å². The number of amides is 2. The van der Waals surface area contributed by atoms with Gasteiger partial charge in [0.25, 0.3) is 11.8 Å². The van der Waals surface area contributed by atoms with Crippen LogP contribution in [0.15, 0.2) is 28.9 Å². The summed E-state index contributed by atoms with van der Waals surface area (Å²) in [7, 11) is 1.54. The number of benzene rings is 1. The molecule has 7 nitrogen and oxygen atoms in total. The molecule has 0 unspecified atom stereocenters. The van der Waals surface area contributed by atoms with Crippen molar-refractivity contribution in [2.75, 3.05) is 12.4 Å². The Morgan fingerprint density at radius 1 is 1.19 bits per heavy atom. The predicted molar refractivity (Wildman–Crippen MR) is 94.5 cm³/mol. The van der Waals surface area contributed by atoms with Gasteiger partial charge in [-0.3, -0.25) is 9.59 Å². The molecule has 0 radical (unpaired) electrons. The number of nitrogens with one attached hydrogen (secondary N) is 2. The fraction of sp³-hybridized carbons (Fsp3) is 0.421. The molecule has 1 aromatic carbocycles. The molecule has 0 aliphatic heterocycles. The molecule has 2 saturated carbocycles. The maximum absolute atomic E-state index is 12.5. The minimum atomic E-state index is -0.398. The summed E-state index contributed by atoms with van der Waals surface area (Å²) < 4.78 is 10.6. The first kappa shape index (κ1) is 16.6. The Morgan fingerprint density at radius 3 is 2.65 bits per heavy atom. The molecular formula is C19H21N3O4. The minimum absolute atomic E-state index is 0.219. The third-order valence-corrected chi connectivity index (χ3v) is 4.84. The Hall–Kier alpha value is -2.83. The molecule has 2 fully saturated rings. The zero-order valence-corrected chi connectivity index (χ0v) is 14.6. The van der Waals surface area contributed by atoms with E-state index in [0.717, 1.165) is 25.7 Å². The van der Waals surface area contributed by atoms with E-state index in [1.165, 1.54) is 19.8 Å². The SMILES string of the molecule is COc1ccc(NC(=O)c2coc(C3CCC3)n2)c(C(=O)NC2CC2)c1. The third-order valence-electron chi connectivity index (χ3n) is 4.84. The summed E-state index contributed by atoms with van der Waals surface area (Å²) in [6.45, 7) is 0. The number of carbonyl (C=O) groups excluding carboxylic acids is 2. The lowest BCUT2D eigenvalue weighted by molar-refractivity contribution is 0.0951. The summed E-state index contributed by atoms with van der Waals surface area (Å²) >= 11 is 0. The summed E-state index contributed by atoms with van der Waals surface area (Å²) in [5.41, 5.74) is 1.01. The number of rotatable bonds is 6. The van der Waals surface area contributed by atoms with Crippen molar-refractivity contribution in [3.63, 3.8) is 0 Å². The van der Waals surface area contributed by atoms with E-state index in [4.69, 9.17) is 9.15 Å². The summed E-state index contributed by atoms with van der Waals surface area (Å²) in [5.74, 6) is 0.861. The van der Waals surface area contributed by atoms with Crippen molar-refractivity contribution in [1.29, 1.82) is 0 Å². The molecule has 0 bridgehead atoms. The van der Waals surface area contributed by atoms with Gasteiger partial charge in [-0.05, 0) is 43.9 Å². The number of hydrogen-bond acceptors (Lipinski definition) is 5. The molecule has 1 heterocycles. The molecule has 1 aromatic heterocycles. The van der Waals surface area contributed by atoms with E-state index >= 15 is 0 Å². The molecule has 0 spiro atoms. The maximum Gasteiger partial charge on any atom is 0.277 e. The van der Waals surface area contributed by atoms with Crippen LogP contribution in [0.25, 0.3) is 0 Å². The number of carbonyl (C=O) groups is 2. The number of nitrogens with zero attached hydrogens (tertiary/aromatic N) is 1. The van der Waals surface area contributed by atoms with Crippen LogP contribution < -0.4 is 15.4 Å². The summed E-state index contributed by atoms with van der Waals surface area (Å²) in [4.78, 5) is 29.3. The third kappa shape index (κ3) is 3.42. The molecule has 136 valence electrons. The summed E-state index contributed by atoms with van der Waals surface area (Å²) in [6.07, 6.45) is 6.61. The predicted octanol–water partition coefficient (Wildman–Crippen LogP) is 3.10. The van der Waals surface area contributed by atoms with E-state index in [-0.39, 0.29) is 17.6 Å². The Morgan fingerprint density at radius 2 is 2.00 bits per heavy atom. The highest BCUT2D eigenvalue weighted by atomic mass is 16.5. The van der Waals surface area contributed by atoms with Crippen molar-refractivity contribution in [3.05, 3.63) is 41.6 Å². The van der Waals surface area contributed by atoms with Crippen molar-refractivity contribution in [3.8, 4) is 5.75 Å². The second-order valence-corrected chi connectivity index (χ2v) is 6.81. The molecule has 7 heteroatoms. The van der Waals surface area contributed by atoms with Gasteiger partial charge in [-0.15, -0.1) is 0 Å². The Kier molecular flexibility index (Phi) is 4.36. The van der Waals surface area contributed by atoms with Gasteiger partial charge in [0.1, 0.15) is 12.0 Å². The van der Waals surface area contributed by atoms with E-state index in [9.17, 15) is 9.59 Å². The monoisotopic (exact) mass is 355 g/mol. The zero-order valence-electron chi connectivity index (χ0n) is 14.6. The highest BCUT2D eigenvalue weighted by molar-refractivity contribution is 6.08. The average molecular weight is 355 g/mol. The van der Waals surface area contributed by atoms with Crippen LogP contribution in [0.1, 0.15) is 64.8 Å². The van der Waals surface area contributed by atoms with Gasteiger partial charge >= 0.3 is 0 Å². The van der Waals surface area contributed by atoms with Crippen LogP contribution in [0, 0.1) is 0 Å². The van der Waals surface area contributed by atoms with Crippen molar-refractivity contribution in [2.45, 2.75) is 44.1 Å². The molecule has 2 amide bonds. The van der Waals surface area contributed by atoms with Crippen molar-refractivity contribution < 1.29 is 18.7 Å². The maximum atomic E-state index is 12.5. The number of anilines is 1. The molecule has 2 N–H and O–H groups in total. The number of hydrogen-bond donors (Lipinski definition) is 2. The van der Waals surface area contributed by atoms with Crippen LogP contribution in [0.4, 0.5) is 5.69 Å². The highest BCUT2D eigenvalue weighted by Gasteiger charge is 2.27. The lowest BCUT2D eigenvalue weighted by Gasteiger charge is -2.21. The van der Waals surface area contributed by atoms with Crippen molar-refractivity contribution in [1.82, 2.24) is 10.3 Å². The van der Waals surface area contributed by atoms with Crippen LogP contribution in [-0.4, -0.2) is 29.9 Å². The number of methoxy groups -OCH3 is 1. The van der Waals surface area contributed by atoms with Gasteiger partial charge in [-0.1, -0.05) is 6.42 Å². The van der Waals surface area contributed by atoms with Crippen LogP contribution in [0.3, 0.4) is 0 Å². The van der Waals surface area contributed by atoms with E-state index in [2.05, 4.69) is 15.6 Å². The molecule has 2 aliphatic rings. The van der Waals surface area contributed by atoms with E-state index in [0.29, 0.717) is 28.8 Å². The standard InChI is InChI=1S/C19H21N3O4/c1-25-13-7-8-15(14(9-13)17(23)20-12-5-6-12)21-18(24)16-10-26-19(22-16)11-3-2-4-11/h7-12H,2-6H2,1H3,(H,20,23)(H,21,24). The van der Waals surface area contributed by atoms with E-state index in [1.54, 1.807) is 18.2 Å². The molecule has 26 heavy (non-hydrogen) atoms. The molecule has 0 atom stereocenters. The number of aromatic nitrogens is 1.